The molecule has 2 atom stereocenters. The van der Waals surface area contributed by atoms with Crippen LogP contribution in [-0.2, 0) is 4.74 Å². The molecule has 1 N–H and O–H groups in total. The van der Waals surface area contributed by atoms with Gasteiger partial charge in [-0.1, -0.05) is 49.1 Å². The molecule has 2 nitrogen and oxygen atoms in total. The van der Waals surface area contributed by atoms with E-state index in [1.165, 1.54) is 49.7 Å². The molecular weight excluding hydrogens is 258 g/mol. The molecule has 1 aromatic carbocycles. The molecule has 21 heavy (non-hydrogen) atoms. The molecule has 116 valence electrons. The second-order valence-corrected chi connectivity index (χ2v) is 7.08. The monoisotopic (exact) mass is 287 g/mol. The largest absolute Gasteiger partial charge is 0.375 e. The second-order valence-electron chi connectivity index (χ2n) is 7.08. The van der Waals surface area contributed by atoms with Crippen molar-refractivity contribution in [3.8, 4) is 0 Å². The van der Waals surface area contributed by atoms with E-state index in [1.54, 1.807) is 0 Å². The van der Waals surface area contributed by atoms with E-state index in [4.69, 9.17) is 4.74 Å². The lowest BCUT2D eigenvalue weighted by Gasteiger charge is -2.44. The van der Waals surface area contributed by atoms with E-state index in [0.717, 1.165) is 13.0 Å². The Morgan fingerprint density at radius 1 is 1.14 bits per heavy atom. The van der Waals surface area contributed by atoms with E-state index in [0.29, 0.717) is 12.1 Å². The quantitative estimate of drug-likeness (QED) is 0.882. The minimum absolute atomic E-state index is 0.196. The summed E-state index contributed by atoms with van der Waals surface area (Å²) in [4.78, 5) is 0. The molecule has 1 aliphatic heterocycles. The van der Waals surface area contributed by atoms with E-state index in [2.05, 4.69) is 43.4 Å². The van der Waals surface area contributed by atoms with E-state index in [1.807, 2.05) is 0 Å². The van der Waals surface area contributed by atoms with Gasteiger partial charge in [0.1, 0.15) is 0 Å². The van der Waals surface area contributed by atoms with Gasteiger partial charge in [-0.2, -0.15) is 0 Å². The van der Waals surface area contributed by atoms with E-state index in [-0.39, 0.29) is 5.60 Å². The van der Waals surface area contributed by atoms with E-state index < -0.39 is 0 Å². The highest BCUT2D eigenvalue weighted by molar-refractivity contribution is 5.23. The molecule has 0 aromatic heterocycles. The zero-order valence-corrected chi connectivity index (χ0v) is 13.5. The van der Waals surface area contributed by atoms with Gasteiger partial charge in [0.15, 0.2) is 0 Å². The Labute approximate surface area is 129 Å². The standard InChI is InChI=1S/C19H29NO/c1-15-6-8-17(9-7-15)16(2)20-18-10-13-21-19(14-18)11-4-3-5-12-19/h6-9,16,18,20H,3-5,10-14H2,1-2H3. The molecule has 1 heterocycles. The Bertz CT molecular complexity index is 442. The average Bonchev–Trinajstić information content (AvgIpc) is 2.49. The zero-order chi connectivity index (χ0) is 14.7. The fourth-order valence-electron chi connectivity index (χ4n) is 4.02. The Morgan fingerprint density at radius 2 is 1.86 bits per heavy atom. The second kappa shape index (κ2) is 6.50. The number of nitrogens with one attached hydrogen (secondary N) is 1. The fourth-order valence-corrected chi connectivity index (χ4v) is 4.02. The molecule has 2 unspecified atom stereocenters. The van der Waals surface area contributed by atoms with Crippen molar-refractivity contribution in [3.63, 3.8) is 0 Å². The molecule has 0 bridgehead atoms. The molecule has 0 amide bonds. The summed E-state index contributed by atoms with van der Waals surface area (Å²) < 4.78 is 6.20. The third kappa shape index (κ3) is 3.67. The predicted molar refractivity (Wildman–Crippen MR) is 87.5 cm³/mol. The van der Waals surface area contributed by atoms with Gasteiger partial charge in [0.25, 0.3) is 0 Å². The van der Waals surface area contributed by atoms with Crippen molar-refractivity contribution < 1.29 is 4.74 Å². The van der Waals surface area contributed by atoms with Crippen molar-refractivity contribution in [2.75, 3.05) is 6.61 Å². The highest BCUT2D eigenvalue weighted by Crippen LogP contribution is 2.39. The van der Waals surface area contributed by atoms with Crippen molar-refractivity contribution in [2.45, 2.75) is 76.5 Å². The van der Waals surface area contributed by atoms with Crippen LogP contribution in [0.3, 0.4) is 0 Å². The number of benzene rings is 1. The first-order valence-corrected chi connectivity index (χ1v) is 8.63. The summed E-state index contributed by atoms with van der Waals surface area (Å²) in [6, 6.07) is 9.95. The van der Waals surface area contributed by atoms with Gasteiger partial charge in [-0.15, -0.1) is 0 Å². The minimum Gasteiger partial charge on any atom is -0.375 e. The maximum Gasteiger partial charge on any atom is 0.0697 e. The van der Waals surface area contributed by atoms with Crippen LogP contribution in [0, 0.1) is 6.92 Å². The lowest BCUT2D eigenvalue weighted by Crippen LogP contribution is -2.48. The molecule has 3 rings (SSSR count). The highest BCUT2D eigenvalue weighted by Gasteiger charge is 2.38. The first kappa shape index (κ1) is 15.1. The smallest absolute Gasteiger partial charge is 0.0697 e. The topological polar surface area (TPSA) is 21.3 Å². The van der Waals surface area contributed by atoms with Gasteiger partial charge in [0.2, 0.25) is 0 Å². The van der Waals surface area contributed by atoms with Crippen molar-refractivity contribution in [2.24, 2.45) is 0 Å². The van der Waals surface area contributed by atoms with E-state index >= 15 is 0 Å². The summed E-state index contributed by atoms with van der Waals surface area (Å²) >= 11 is 0. The summed E-state index contributed by atoms with van der Waals surface area (Å²) in [7, 11) is 0. The van der Waals surface area contributed by atoms with Crippen LogP contribution < -0.4 is 5.32 Å². The lowest BCUT2D eigenvalue weighted by atomic mass is 9.78. The van der Waals surface area contributed by atoms with Crippen LogP contribution in [0.2, 0.25) is 0 Å². The SMILES string of the molecule is Cc1ccc(C(C)NC2CCOC3(CCCCC3)C2)cc1. The number of hydrogen-bond donors (Lipinski definition) is 1. The third-order valence-corrected chi connectivity index (χ3v) is 5.32. The Hall–Kier alpha value is -0.860. The molecular formula is C19H29NO. The highest BCUT2D eigenvalue weighted by atomic mass is 16.5. The van der Waals surface area contributed by atoms with Gasteiger partial charge in [0.05, 0.1) is 5.60 Å². The van der Waals surface area contributed by atoms with Gasteiger partial charge < -0.3 is 10.1 Å². The molecule has 2 aliphatic rings. The molecule has 1 saturated heterocycles. The van der Waals surface area contributed by atoms with Crippen LogP contribution in [0.4, 0.5) is 0 Å². The third-order valence-electron chi connectivity index (χ3n) is 5.32. The molecule has 1 saturated carbocycles. The molecule has 1 aliphatic carbocycles. The Kier molecular flexibility index (Phi) is 4.66. The van der Waals surface area contributed by atoms with Gasteiger partial charge in [0, 0.05) is 18.7 Å². The summed E-state index contributed by atoms with van der Waals surface area (Å²) in [5.74, 6) is 0. The number of aryl methyl sites for hydroxylation is 1. The first-order chi connectivity index (χ1) is 10.2. The van der Waals surface area contributed by atoms with Gasteiger partial charge in [-0.05, 0) is 45.1 Å². The maximum atomic E-state index is 6.20. The van der Waals surface area contributed by atoms with Crippen molar-refractivity contribution in [1.82, 2.24) is 5.32 Å². The van der Waals surface area contributed by atoms with Crippen LogP contribution >= 0.6 is 0 Å². The van der Waals surface area contributed by atoms with Gasteiger partial charge in [-0.25, -0.2) is 0 Å². The zero-order valence-electron chi connectivity index (χ0n) is 13.5. The van der Waals surface area contributed by atoms with Gasteiger partial charge >= 0.3 is 0 Å². The molecule has 2 heteroatoms. The average molecular weight is 287 g/mol. The number of ether oxygens (including phenoxy) is 1. The van der Waals surface area contributed by atoms with Crippen molar-refractivity contribution in [3.05, 3.63) is 35.4 Å². The summed E-state index contributed by atoms with van der Waals surface area (Å²) in [6.45, 7) is 5.36. The molecule has 1 aromatic rings. The predicted octanol–water partition coefficient (Wildman–Crippen LogP) is 4.53. The minimum atomic E-state index is 0.196. The van der Waals surface area contributed by atoms with E-state index in [9.17, 15) is 0 Å². The van der Waals surface area contributed by atoms with Crippen LogP contribution in [0.5, 0.6) is 0 Å². The van der Waals surface area contributed by atoms with Crippen LogP contribution in [-0.4, -0.2) is 18.2 Å². The van der Waals surface area contributed by atoms with Gasteiger partial charge in [-0.3, -0.25) is 0 Å². The summed E-state index contributed by atoms with van der Waals surface area (Å²) in [6.07, 6.45) is 8.97. The normalized spacial score (nSPS) is 26.7. The molecule has 2 fully saturated rings. The summed E-state index contributed by atoms with van der Waals surface area (Å²) in [5.41, 5.74) is 2.92. The van der Waals surface area contributed by atoms with Crippen LogP contribution in [0.25, 0.3) is 0 Å². The maximum absolute atomic E-state index is 6.20. The Balaban J connectivity index is 1.60. The van der Waals surface area contributed by atoms with Crippen molar-refractivity contribution >= 4 is 0 Å². The first-order valence-electron chi connectivity index (χ1n) is 8.63. The Morgan fingerprint density at radius 3 is 2.57 bits per heavy atom. The van der Waals surface area contributed by atoms with Crippen LogP contribution in [0.15, 0.2) is 24.3 Å². The number of rotatable bonds is 3. The molecule has 1 spiro atoms. The van der Waals surface area contributed by atoms with Crippen molar-refractivity contribution in [1.29, 1.82) is 0 Å². The molecule has 0 radical (unpaired) electrons. The lowest BCUT2D eigenvalue weighted by molar-refractivity contribution is -0.110. The van der Waals surface area contributed by atoms with Crippen LogP contribution in [0.1, 0.15) is 69.0 Å². The number of hydrogen-bond acceptors (Lipinski definition) is 2. The summed E-state index contributed by atoms with van der Waals surface area (Å²) in [5, 5.41) is 3.85. The fraction of sp³-hybridized carbons (Fsp3) is 0.684.